The number of nitrogens with one attached hydrogen (secondary N) is 1. The van der Waals surface area contributed by atoms with E-state index in [4.69, 9.17) is 4.74 Å². The number of thiol groups is 1. The third-order valence-corrected chi connectivity index (χ3v) is 3.47. The lowest BCUT2D eigenvalue weighted by Crippen LogP contribution is -2.47. The van der Waals surface area contributed by atoms with Gasteiger partial charge >= 0.3 is 0 Å². The molecule has 0 aromatic heterocycles. The van der Waals surface area contributed by atoms with E-state index >= 15 is 0 Å². The Morgan fingerprint density at radius 1 is 1.39 bits per heavy atom. The molecule has 1 rings (SSSR count). The molecule has 18 heavy (non-hydrogen) atoms. The van der Waals surface area contributed by atoms with Gasteiger partial charge in [0.25, 0.3) is 0 Å². The standard InChI is InChI=1S/C14H30N2OS/c1-12(2)5-4-6-16-7-8-17-14(11-16)10-15-9-13(3)18/h12-15,18H,4-11H2,1-3H3/t13?,14-/m0/s1. The summed E-state index contributed by atoms with van der Waals surface area (Å²) < 4.78 is 5.79. The van der Waals surface area contributed by atoms with Crippen molar-refractivity contribution in [3.63, 3.8) is 0 Å². The minimum Gasteiger partial charge on any atom is -0.374 e. The van der Waals surface area contributed by atoms with Crippen LogP contribution >= 0.6 is 12.6 Å². The monoisotopic (exact) mass is 274 g/mol. The van der Waals surface area contributed by atoms with E-state index in [1.54, 1.807) is 0 Å². The fourth-order valence-electron chi connectivity index (χ4n) is 2.28. The van der Waals surface area contributed by atoms with Crippen LogP contribution in [0.5, 0.6) is 0 Å². The van der Waals surface area contributed by atoms with Gasteiger partial charge in [0, 0.05) is 31.4 Å². The van der Waals surface area contributed by atoms with Crippen molar-refractivity contribution in [1.82, 2.24) is 10.2 Å². The average Bonchev–Trinajstić information content (AvgIpc) is 2.28. The summed E-state index contributed by atoms with van der Waals surface area (Å²) in [6.45, 7) is 12.9. The summed E-state index contributed by atoms with van der Waals surface area (Å²) in [7, 11) is 0. The second kappa shape index (κ2) is 9.18. The molecular weight excluding hydrogens is 244 g/mol. The van der Waals surface area contributed by atoms with Crippen LogP contribution in [-0.2, 0) is 4.74 Å². The molecule has 0 aromatic carbocycles. The lowest BCUT2D eigenvalue weighted by atomic mass is 10.1. The van der Waals surface area contributed by atoms with Crippen molar-refractivity contribution in [3.8, 4) is 0 Å². The molecule has 0 saturated carbocycles. The zero-order valence-electron chi connectivity index (χ0n) is 12.2. The molecule has 1 N–H and O–H groups in total. The van der Waals surface area contributed by atoms with Crippen molar-refractivity contribution in [2.45, 2.75) is 45.0 Å². The van der Waals surface area contributed by atoms with Crippen molar-refractivity contribution in [2.24, 2.45) is 5.92 Å². The summed E-state index contributed by atoms with van der Waals surface area (Å²) in [6, 6.07) is 0. The van der Waals surface area contributed by atoms with E-state index in [9.17, 15) is 0 Å². The first kappa shape index (κ1) is 16.3. The molecule has 0 amide bonds. The first-order valence-electron chi connectivity index (χ1n) is 7.30. The summed E-state index contributed by atoms with van der Waals surface area (Å²) in [5.74, 6) is 0.820. The molecule has 1 heterocycles. The highest BCUT2D eigenvalue weighted by Gasteiger charge is 2.19. The largest absolute Gasteiger partial charge is 0.374 e. The fourth-order valence-corrected chi connectivity index (χ4v) is 2.41. The SMILES string of the molecule is CC(C)CCCN1CCO[C@@H](CNCC(C)S)C1. The molecule has 0 aromatic rings. The Hall–Kier alpha value is 0.230. The van der Waals surface area contributed by atoms with E-state index in [2.05, 4.69) is 43.6 Å². The van der Waals surface area contributed by atoms with Crippen molar-refractivity contribution in [3.05, 3.63) is 0 Å². The van der Waals surface area contributed by atoms with Gasteiger partial charge in [0.15, 0.2) is 0 Å². The van der Waals surface area contributed by atoms with Gasteiger partial charge in [0.2, 0.25) is 0 Å². The van der Waals surface area contributed by atoms with Gasteiger partial charge in [-0.1, -0.05) is 20.8 Å². The summed E-state index contributed by atoms with van der Waals surface area (Å²) in [5.41, 5.74) is 0. The maximum Gasteiger partial charge on any atom is 0.0826 e. The Balaban J connectivity index is 2.11. The minimum absolute atomic E-state index is 0.352. The maximum atomic E-state index is 5.79. The van der Waals surface area contributed by atoms with E-state index in [1.165, 1.54) is 19.4 Å². The molecule has 0 radical (unpaired) electrons. The van der Waals surface area contributed by atoms with Crippen LogP contribution < -0.4 is 5.32 Å². The zero-order valence-corrected chi connectivity index (χ0v) is 13.1. The second-order valence-electron chi connectivity index (χ2n) is 5.84. The molecule has 108 valence electrons. The minimum atomic E-state index is 0.352. The number of morpholine rings is 1. The van der Waals surface area contributed by atoms with Crippen molar-refractivity contribution in [1.29, 1.82) is 0 Å². The van der Waals surface area contributed by atoms with Crippen LogP contribution in [0.25, 0.3) is 0 Å². The number of rotatable bonds is 8. The van der Waals surface area contributed by atoms with Crippen molar-refractivity contribution >= 4 is 12.6 Å². The molecule has 0 spiro atoms. The molecule has 1 saturated heterocycles. The summed E-state index contributed by atoms with van der Waals surface area (Å²) in [6.07, 6.45) is 2.99. The van der Waals surface area contributed by atoms with Crippen LogP contribution in [0, 0.1) is 5.92 Å². The molecule has 4 heteroatoms. The lowest BCUT2D eigenvalue weighted by Gasteiger charge is -2.33. The second-order valence-corrected chi connectivity index (χ2v) is 6.72. The van der Waals surface area contributed by atoms with Gasteiger partial charge in [-0.15, -0.1) is 0 Å². The molecule has 3 nitrogen and oxygen atoms in total. The smallest absolute Gasteiger partial charge is 0.0826 e. The van der Waals surface area contributed by atoms with Gasteiger partial charge in [-0.3, -0.25) is 4.90 Å². The molecule has 1 unspecified atom stereocenters. The Bertz CT molecular complexity index is 192. The van der Waals surface area contributed by atoms with Crippen LogP contribution in [0.15, 0.2) is 0 Å². The van der Waals surface area contributed by atoms with E-state index in [-0.39, 0.29) is 0 Å². The summed E-state index contributed by atoms with van der Waals surface area (Å²) in [5, 5.41) is 3.83. The third kappa shape index (κ3) is 7.62. The number of nitrogens with zero attached hydrogens (tertiary/aromatic N) is 1. The van der Waals surface area contributed by atoms with Crippen LogP contribution in [-0.4, -0.2) is 55.6 Å². The van der Waals surface area contributed by atoms with Crippen molar-refractivity contribution in [2.75, 3.05) is 39.3 Å². The molecule has 2 atom stereocenters. The molecule has 0 aliphatic carbocycles. The first-order chi connectivity index (χ1) is 8.58. The normalized spacial score (nSPS) is 23.5. The van der Waals surface area contributed by atoms with E-state index in [0.717, 1.165) is 38.7 Å². The number of hydrogen-bond donors (Lipinski definition) is 2. The predicted molar refractivity (Wildman–Crippen MR) is 81.6 cm³/mol. The fraction of sp³-hybridized carbons (Fsp3) is 1.00. The van der Waals surface area contributed by atoms with Gasteiger partial charge in [-0.05, 0) is 25.3 Å². The average molecular weight is 274 g/mol. The third-order valence-electron chi connectivity index (χ3n) is 3.29. The highest BCUT2D eigenvalue weighted by atomic mass is 32.1. The zero-order chi connectivity index (χ0) is 13.4. The van der Waals surface area contributed by atoms with E-state index in [0.29, 0.717) is 11.4 Å². The Kier molecular flexibility index (Phi) is 8.31. The number of ether oxygens (including phenoxy) is 1. The summed E-state index contributed by atoms with van der Waals surface area (Å²) >= 11 is 4.37. The Labute approximate surface area is 118 Å². The number of hydrogen-bond acceptors (Lipinski definition) is 4. The topological polar surface area (TPSA) is 24.5 Å². The van der Waals surface area contributed by atoms with Gasteiger partial charge in [-0.2, -0.15) is 12.6 Å². The lowest BCUT2D eigenvalue weighted by molar-refractivity contribution is -0.0274. The highest BCUT2D eigenvalue weighted by molar-refractivity contribution is 7.80. The molecular formula is C14H30N2OS. The van der Waals surface area contributed by atoms with Crippen LogP contribution in [0.4, 0.5) is 0 Å². The quantitative estimate of drug-likeness (QED) is 0.663. The maximum absolute atomic E-state index is 5.79. The molecule has 1 aliphatic rings. The predicted octanol–water partition coefficient (Wildman–Crippen LogP) is 2.03. The van der Waals surface area contributed by atoms with Crippen LogP contribution in [0.3, 0.4) is 0 Å². The van der Waals surface area contributed by atoms with Gasteiger partial charge < -0.3 is 10.1 Å². The van der Waals surface area contributed by atoms with Gasteiger partial charge in [0.1, 0.15) is 0 Å². The van der Waals surface area contributed by atoms with Crippen LogP contribution in [0.2, 0.25) is 0 Å². The molecule has 1 fully saturated rings. The molecule has 1 aliphatic heterocycles. The van der Waals surface area contributed by atoms with Crippen LogP contribution in [0.1, 0.15) is 33.6 Å². The Morgan fingerprint density at radius 2 is 2.17 bits per heavy atom. The first-order valence-corrected chi connectivity index (χ1v) is 7.82. The van der Waals surface area contributed by atoms with Gasteiger partial charge in [0.05, 0.1) is 12.7 Å². The van der Waals surface area contributed by atoms with Gasteiger partial charge in [-0.25, -0.2) is 0 Å². The summed E-state index contributed by atoms with van der Waals surface area (Å²) in [4.78, 5) is 2.54. The van der Waals surface area contributed by atoms with E-state index < -0.39 is 0 Å². The Morgan fingerprint density at radius 3 is 2.83 bits per heavy atom. The molecule has 0 bridgehead atoms. The van der Waals surface area contributed by atoms with Crippen molar-refractivity contribution < 1.29 is 4.74 Å². The van der Waals surface area contributed by atoms with E-state index in [1.807, 2.05) is 0 Å². The highest BCUT2D eigenvalue weighted by Crippen LogP contribution is 2.09.